The van der Waals surface area contributed by atoms with Crippen LogP contribution in [-0.2, 0) is 19.6 Å². The Hall–Kier alpha value is -1.40. The summed E-state index contributed by atoms with van der Waals surface area (Å²) in [5, 5.41) is 0. The minimum atomic E-state index is -3.39. The lowest BCUT2D eigenvalue weighted by Crippen LogP contribution is -2.29. The number of sulfonamides is 1. The van der Waals surface area contributed by atoms with E-state index in [0.29, 0.717) is 0 Å². The van der Waals surface area contributed by atoms with Crippen LogP contribution in [0.4, 0.5) is 0 Å². The predicted molar refractivity (Wildman–Crippen MR) is 73.0 cm³/mol. The lowest BCUT2D eigenvalue weighted by atomic mass is 10.1. The molecule has 0 amide bonds. The van der Waals surface area contributed by atoms with E-state index >= 15 is 0 Å². The van der Waals surface area contributed by atoms with Gasteiger partial charge in [-0.25, -0.2) is 13.1 Å². The molecule has 5 nitrogen and oxygen atoms in total. The summed E-state index contributed by atoms with van der Waals surface area (Å²) in [6.07, 6.45) is 0.362. The molecular formula is C13H19NO4S. The van der Waals surface area contributed by atoms with Gasteiger partial charge in [-0.1, -0.05) is 30.3 Å². The van der Waals surface area contributed by atoms with E-state index < -0.39 is 16.0 Å². The molecule has 0 saturated carbocycles. The Balaban J connectivity index is 2.48. The fraction of sp³-hybridized carbons (Fsp3) is 0.462. The van der Waals surface area contributed by atoms with Gasteiger partial charge >= 0.3 is 5.97 Å². The number of carbonyl (C=O) groups excluding carboxylic acids is 1. The van der Waals surface area contributed by atoms with E-state index in [0.717, 1.165) is 5.56 Å². The van der Waals surface area contributed by atoms with Crippen LogP contribution in [0, 0.1) is 0 Å². The topological polar surface area (TPSA) is 72.5 Å². The molecule has 106 valence electrons. The van der Waals surface area contributed by atoms with Gasteiger partial charge in [0.25, 0.3) is 0 Å². The highest BCUT2D eigenvalue weighted by Crippen LogP contribution is 2.12. The summed E-state index contributed by atoms with van der Waals surface area (Å²) in [4.78, 5) is 10.9. The largest absolute Gasteiger partial charge is 0.469 e. The number of carbonyl (C=O) groups is 1. The zero-order valence-corrected chi connectivity index (χ0v) is 11.9. The van der Waals surface area contributed by atoms with Crippen molar-refractivity contribution in [2.24, 2.45) is 0 Å². The second kappa shape index (κ2) is 7.25. The molecule has 1 atom stereocenters. The molecule has 0 aliphatic rings. The zero-order valence-electron chi connectivity index (χ0n) is 11.1. The van der Waals surface area contributed by atoms with Gasteiger partial charge in [0.15, 0.2) is 0 Å². The summed E-state index contributed by atoms with van der Waals surface area (Å²) in [5.41, 5.74) is 0.902. The highest BCUT2D eigenvalue weighted by Gasteiger charge is 2.16. The average Bonchev–Trinajstić information content (AvgIpc) is 2.38. The highest BCUT2D eigenvalue weighted by atomic mass is 32.2. The van der Waals surface area contributed by atoms with Gasteiger partial charge < -0.3 is 4.74 Å². The molecule has 1 aromatic rings. The van der Waals surface area contributed by atoms with Crippen molar-refractivity contribution in [3.8, 4) is 0 Å². The fourth-order valence-electron chi connectivity index (χ4n) is 1.65. The zero-order chi connectivity index (χ0) is 14.3. The Morgan fingerprint density at radius 3 is 2.53 bits per heavy atom. The number of benzene rings is 1. The Bertz CT molecular complexity index is 499. The third-order valence-corrected chi connectivity index (χ3v) is 4.22. The Morgan fingerprint density at radius 2 is 1.95 bits per heavy atom. The van der Waals surface area contributed by atoms with Gasteiger partial charge in [-0.15, -0.1) is 0 Å². The van der Waals surface area contributed by atoms with Crippen molar-refractivity contribution < 1.29 is 17.9 Å². The first-order chi connectivity index (χ1) is 8.94. The molecule has 1 rings (SSSR count). The summed E-state index contributed by atoms with van der Waals surface area (Å²) < 4.78 is 30.7. The first kappa shape index (κ1) is 15.7. The van der Waals surface area contributed by atoms with Crippen molar-refractivity contribution in [2.45, 2.75) is 25.8 Å². The van der Waals surface area contributed by atoms with Gasteiger partial charge in [-0.05, 0) is 18.9 Å². The van der Waals surface area contributed by atoms with Gasteiger partial charge in [0.1, 0.15) is 0 Å². The molecule has 0 spiro atoms. The number of hydrogen-bond acceptors (Lipinski definition) is 4. The molecule has 0 aliphatic carbocycles. The van der Waals surface area contributed by atoms with Crippen LogP contribution < -0.4 is 4.72 Å². The van der Waals surface area contributed by atoms with Crippen LogP contribution in [0.1, 0.15) is 31.4 Å². The SMILES string of the molecule is COC(=O)CCCS(=O)(=O)NC(C)c1ccccc1. The van der Waals surface area contributed by atoms with Crippen LogP contribution in [0.2, 0.25) is 0 Å². The smallest absolute Gasteiger partial charge is 0.305 e. The molecule has 0 bridgehead atoms. The summed E-state index contributed by atoms with van der Waals surface area (Å²) in [7, 11) is -2.11. The molecule has 19 heavy (non-hydrogen) atoms. The molecule has 0 fully saturated rings. The maximum atomic E-state index is 11.8. The van der Waals surface area contributed by atoms with Crippen LogP contribution in [0.15, 0.2) is 30.3 Å². The van der Waals surface area contributed by atoms with E-state index in [1.807, 2.05) is 30.3 Å². The van der Waals surface area contributed by atoms with Crippen LogP contribution in [-0.4, -0.2) is 27.2 Å². The monoisotopic (exact) mass is 285 g/mol. The Morgan fingerprint density at radius 1 is 1.32 bits per heavy atom. The molecular weight excluding hydrogens is 266 g/mol. The minimum absolute atomic E-state index is 0.0841. The number of rotatable bonds is 7. The molecule has 0 heterocycles. The Labute approximate surface area is 114 Å². The number of nitrogens with one attached hydrogen (secondary N) is 1. The average molecular weight is 285 g/mol. The number of esters is 1. The van der Waals surface area contributed by atoms with Gasteiger partial charge in [0.2, 0.25) is 10.0 Å². The number of ether oxygens (including phenoxy) is 1. The standard InChI is InChI=1S/C13H19NO4S/c1-11(12-7-4-3-5-8-12)14-19(16,17)10-6-9-13(15)18-2/h3-5,7-8,11,14H,6,9-10H2,1-2H3. The van der Waals surface area contributed by atoms with Crippen LogP contribution in [0.5, 0.6) is 0 Å². The molecule has 1 N–H and O–H groups in total. The van der Waals surface area contributed by atoms with Gasteiger partial charge in [0.05, 0.1) is 12.9 Å². The van der Waals surface area contributed by atoms with E-state index in [-0.39, 0.29) is 24.6 Å². The summed E-state index contributed by atoms with van der Waals surface area (Å²) >= 11 is 0. The maximum Gasteiger partial charge on any atom is 0.305 e. The van der Waals surface area contributed by atoms with E-state index in [4.69, 9.17) is 0 Å². The number of hydrogen-bond donors (Lipinski definition) is 1. The second-order valence-corrected chi connectivity index (χ2v) is 6.12. The van der Waals surface area contributed by atoms with Gasteiger partial charge in [-0.2, -0.15) is 0 Å². The van der Waals surface area contributed by atoms with Crippen LogP contribution in [0.3, 0.4) is 0 Å². The summed E-state index contributed by atoms with van der Waals surface area (Å²) in [6.45, 7) is 1.78. The van der Waals surface area contributed by atoms with E-state index in [2.05, 4.69) is 9.46 Å². The van der Waals surface area contributed by atoms with Crippen molar-refractivity contribution in [3.05, 3.63) is 35.9 Å². The van der Waals surface area contributed by atoms with E-state index in [1.165, 1.54) is 7.11 Å². The highest BCUT2D eigenvalue weighted by molar-refractivity contribution is 7.89. The van der Waals surface area contributed by atoms with Gasteiger partial charge in [0, 0.05) is 12.5 Å². The molecule has 0 saturated heterocycles. The number of methoxy groups -OCH3 is 1. The Kier molecular flexibility index (Phi) is 5.98. The maximum absolute atomic E-state index is 11.8. The fourth-order valence-corrected chi connectivity index (χ4v) is 2.96. The lowest BCUT2D eigenvalue weighted by molar-refractivity contribution is -0.140. The summed E-state index contributed by atoms with van der Waals surface area (Å²) in [5.74, 6) is -0.481. The van der Waals surface area contributed by atoms with E-state index in [1.54, 1.807) is 6.92 Å². The van der Waals surface area contributed by atoms with Gasteiger partial charge in [-0.3, -0.25) is 4.79 Å². The quantitative estimate of drug-likeness (QED) is 0.773. The van der Waals surface area contributed by atoms with Crippen molar-refractivity contribution in [1.29, 1.82) is 0 Å². The minimum Gasteiger partial charge on any atom is -0.469 e. The molecule has 1 aromatic carbocycles. The lowest BCUT2D eigenvalue weighted by Gasteiger charge is -2.14. The second-order valence-electron chi connectivity index (χ2n) is 4.25. The molecule has 1 unspecified atom stereocenters. The van der Waals surface area contributed by atoms with Crippen molar-refractivity contribution in [1.82, 2.24) is 4.72 Å². The van der Waals surface area contributed by atoms with Crippen molar-refractivity contribution in [2.75, 3.05) is 12.9 Å². The predicted octanol–water partition coefficient (Wildman–Crippen LogP) is 1.62. The van der Waals surface area contributed by atoms with Crippen molar-refractivity contribution in [3.63, 3.8) is 0 Å². The normalized spacial score (nSPS) is 12.9. The first-order valence-corrected chi connectivity index (χ1v) is 7.71. The van der Waals surface area contributed by atoms with Crippen LogP contribution in [0.25, 0.3) is 0 Å². The molecule has 0 aromatic heterocycles. The third kappa shape index (κ3) is 5.85. The summed E-state index contributed by atoms with van der Waals surface area (Å²) in [6, 6.07) is 9.03. The molecule has 0 aliphatic heterocycles. The third-order valence-electron chi connectivity index (χ3n) is 2.68. The molecule has 0 radical (unpaired) electrons. The molecule has 6 heteroatoms. The van der Waals surface area contributed by atoms with Crippen molar-refractivity contribution >= 4 is 16.0 Å². The van der Waals surface area contributed by atoms with Crippen LogP contribution >= 0.6 is 0 Å². The first-order valence-electron chi connectivity index (χ1n) is 6.06. The van der Waals surface area contributed by atoms with E-state index in [9.17, 15) is 13.2 Å².